The Kier molecular flexibility index (Phi) is 3.52. The molecule has 0 aromatic heterocycles. The predicted molar refractivity (Wildman–Crippen MR) is 62.3 cm³/mol. The number of carboxylic acid groups (broad SMARTS) is 1. The molecular weight excluding hydrogens is 222 g/mol. The minimum Gasteiger partial charge on any atom is -0.480 e. The highest BCUT2D eigenvalue weighted by Crippen LogP contribution is 2.68. The first kappa shape index (κ1) is 14.0. The Hall–Kier alpha value is -1.10. The van der Waals surface area contributed by atoms with E-state index in [-0.39, 0.29) is 35.7 Å². The standard InChI is InChI=1S/C12H21NO4/c1-11(2)8(12(11,3)4)9(15)13-7(5-6-14)10(16)17/h7-8,14H,5-6H2,1-4H3,(H,13,15)(H,16,17). The number of carbonyl (C=O) groups excluding carboxylic acids is 1. The third-order valence-corrected chi connectivity index (χ3v) is 4.32. The normalized spacial score (nSPS) is 22.9. The third kappa shape index (κ3) is 2.29. The van der Waals surface area contributed by atoms with E-state index in [0.29, 0.717) is 0 Å². The van der Waals surface area contributed by atoms with Gasteiger partial charge in [0.15, 0.2) is 0 Å². The van der Waals surface area contributed by atoms with Gasteiger partial charge in [-0.05, 0) is 10.8 Å². The molecule has 0 aromatic rings. The fourth-order valence-electron chi connectivity index (χ4n) is 2.49. The summed E-state index contributed by atoms with van der Waals surface area (Å²) in [7, 11) is 0. The predicted octanol–water partition coefficient (Wildman–Crippen LogP) is 0.620. The van der Waals surface area contributed by atoms with Gasteiger partial charge in [-0.1, -0.05) is 27.7 Å². The van der Waals surface area contributed by atoms with Crippen molar-refractivity contribution in [1.29, 1.82) is 0 Å². The summed E-state index contributed by atoms with van der Waals surface area (Å²) in [6.07, 6.45) is 0.0364. The van der Waals surface area contributed by atoms with Crippen molar-refractivity contribution in [3.63, 3.8) is 0 Å². The summed E-state index contributed by atoms with van der Waals surface area (Å²) >= 11 is 0. The molecule has 1 aliphatic carbocycles. The van der Waals surface area contributed by atoms with Crippen LogP contribution in [0.5, 0.6) is 0 Å². The van der Waals surface area contributed by atoms with Gasteiger partial charge in [0.25, 0.3) is 0 Å². The molecule has 0 saturated heterocycles. The van der Waals surface area contributed by atoms with Gasteiger partial charge in [-0.3, -0.25) is 4.79 Å². The lowest BCUT2D eigenvalue weighted by atomic mass is 10.0. The van der Waals surface area contributed by atoms with Crippen LogP contribution in [0.4, 0.5) is 0 Å². The minimum absolute atomic E-state index is 0.0364. The molecule has 0 radical (unpaired) electrons. The van der Waals surface area contributed by atoms with Crippen molar-refractivity contribution in [1.82, 2.24) is 5.32 Å². The molecular formula is C12H21NO4. The molecule has 3 N–H and O–H groups in total. The van der Waals surface area contributed by atoms with Gasteiger partial charge in [-0.15, -0.1) is 0 Å². The summed E-state index contributed by atoms with van der Waals surface area (Å²) in [5, 5.41) is 20.1. The Bertz CT molecular complexity index is 321. The highest BCUT2D eigenvalue weighted by Gasteiger charge is 2.68. The molecule has 1 fully saturated rings. The number of rotatable bonds is 5. The molecule has 0 aliphatic heterocycles. The van der Waals surface area contributed by atoms with Gasteiger partial charge in [0.05, 0.1) is 0 Å². The SMILES string of the molecule is CC1(C)C(C(=O)NC(CCO)C(=O)O)C1(C)C. The van der Waals surface area contributed by atoms with E-state index in [2.05, 4.69) is 5.32 Å². The van der Waals surface area contributed by atoms with Gasteiger partial charge in [0.2, 0.25) is 5.91 Å². The molecule has 1 aliphatic rings. The summed E-state index contributed by atoms with van der Waals surface area (Å²) in [4.78, 5) is 22.8. The van der Waals surface area contributed by atoms with Crippen molar-refractivity contribution in [2.75, 3.05) is 6.61 Å². The molecule has 5 nitrogen and oxygen atoms in total. The van der Waals surface area contributed by atoms with E-state index in [1.807, 2.05) is 27.7 Å². The van der Waals surface area contributed by atoms with Gasteiger partial charge in [0, 0.05) is 18.9 Å². The van der Waals surface area contributed by atoms with Gasteiger partial charge < -0.3 is 15.5 Å². The average molecular weight is 243 g/mol. The second-order valence-corrected chi connectivity index (χ2v) is 5.79. The molecule has 0 spiro atoms. The van der Waals surface area contributed by atoms with Gasteiger partial charge >= 0.3 is 5.97 Å². The van der Waals surface area contributed by atoms with E-state index in [4.69, 9.17) is 10.2 Å². The van der Waals surface area contributed by atoms with Crippen molar-refractivity contribution in [3.05, 3.63) is 0 Å². The largest absolute Gasteiger partial charge is 0.480 e. The highest BCUT2D eigenvalue weighted by molar-refractivity contribution is 5.88. The van der Waals surface area contributed by atoms with Crippen LogP contribution in [0.15, 0.2) is 0 Å². The number of aliphatic hydroxyl groups is 1. The van der Waals surface area contributed by atoms with Crippen molar-refractivity contribution in [3.8, 4) is 0 Å². The second-order valence-electron chi connectivity index (χ2n) is 5.79. The third-order valence-electron chi connectivity index (χ3n) is 4.32. The number of hydrogen-bond acceptors (Lipinski definition) is 3. The van der Waals surface area contributed by atoms with Crippen molar-refractivity contribution in [2.24, 2.45) is 16.7 Å². The van der Waals surface area contributed by atoms with Gasteiger partial charge in [-0.25, -0.2) is 4.79 Å². The van der Waals surface area contributed by atoms with Crippen LogP contribution >= 0.6 is 0 Å². The zero-order valence-electron chi connectivity index (χ0n) is 10.8. The number of hydrogen-bond donors (Lipinski definition) is 3. The molecule has 17 heavy (non-hydrogen) atoms. The topological polar surface area (TPSA) is 86.6 Å². The lowest BCUT2D eigenvalue weighted by molar-refractivity contribution is -0.142. The smallest absolute Gasteiger partial charge is 0.326 e. The van der Waals surface area contributed by atoms with Crippen LogP contribution in [0.1, 0.15) is 34.1 Å². The van der Waals surface area contributed by atoms with E-state index in [9.17, 15) is 9.59 Å². The monoisotopic (exact) mass is 243 g/mol. The zero-order valence-corrected chi connectivity index (χ0v) is 10.8. The molecule has 0 aromatic carbocycles. The first-order valence-corrected chi connectivity index (χ1v) is 5.80. The van der Waals surface area contributed by atoms with E-state index >= 15 is 0 Å². The maximum absolute atomic E-state index is 12.0. The molecule has 1 amide bonds. The van der Waals surface area contributed by atoms with Crippen LogP contribution in [-0.4, -0.2) is 34.7 Å². The summed E-state index contributed by atoms with van der Waals surface area (Å²) in [6.45, 7) is 7.74. The fourth-order valence-corrected chi connectivity index (χ4v) is 2.49. The molecule has 0 bridgehead atoms. The molecule has 1 atom stereocenters. The van der Waals surface area contributed by atoms with Crippen LogP contribution in [0.3, 0.4) is 0 Å². The lowest BCUT2D eigenvalue weighted by Crippen LogP contribution is -2.43. The lowest BCUT2D eigenvalue weighted by Gasteiger charge is -2.14. The van der Waals surface area contributed by atoms with Gasteiger partial charge in [-0.2, -0.15) is 0 Å². The molecule has 98 valence electrons. The van der Waals surface area contributed by atoms with E-state index < -0.39 is 12.0 Å². The van der Waals surface area contributed by atoms with Crippen LogP contribution < -0.4 is 5.32 Å². The number of carboxylic acids is 1. The zero-order chi connectivity index (χ0) is 13.4. The van der Waals surface area contributed by atoms with Crippen LogP contribution in [0.25, 0.3) is 0 Å². The van der Waals surface area contributed by atoms with E-state index in [0.717, 1.165) is 0 Å². The Balaban J connectivity index is 2.65. The average Bonchev–Trinajstić information content (AvgIpc) is 2.56. The highest BCUT2D eigenvalue weighted by atomic mass is 16.4. The Morgan fingerprint density at radius 1 is 1.24 bits per heavy atom. The first-order chi connectivity index (χ1) is 7.66. The van der Waals surface area contributed by atoms with Crippen LogP contribution in [0, 0.1) is 16.7 Å². The minimum atomic E-state index is -1.11. The first-order valence-electron chi connectivity index (χ1n) is 5.80. The van der Waals surface area contributed by atoms with Gasteiger partial charge in [0.1, 0.15) is 6.04 Å². The summed E-state index contributed by atoms with van der Waals surface area (Å²) in [6, 6.07) is -1.00. The van der Waals surface area contributed by atoms with E-state index in [1.165, 1.54) is 0 Å². The Morgan fingerprint density at radius 3 is 2.00 bits per heavy atom. The van der Waals surface area contributed by atoms with Crippen molar-refractivity contribution >= 4 is 11.9 Å². The molecule has 5 heteroatoms. The molecule has 1 unspecified atom stereocenters. The fraction of sp³-hybridized carbons (Fsp3) is 0.833. The maximum Gasteiger partial charge on any atom is 0.326 e. The van der Waals surface area contributed by atoms with Crippen molar-refractivity contribution < 1.29 is 19.8 Å². The quantitative estimate of drug-likeness (QED) is 0.660. The van der Waals surface area contributed by atoms with Crippen molar-refractivity contribution in [2.45, 2.75) is 40.2 Å². The second kappa shape index (κ2) is 4.29. The Morgan fingerprint density at radius 2 is 1.71 bits per heavy atom. The number of aliphatic carboxylic acids is 1. The molecule has 1 rings (SSSR count). The molecule has 1 saturated carbocycles. The summed E-state index contributed by atoms with van der Waals surface area (Å²) < 4.78 is 0. The number of carbonyl (C=O) groups is 2. The van der Waals surface area contributed by atoms with Crippen LogP contribution in [-0.2, 0) is 9.59 Å². The number of amides is 1. The summed E-state index contributed by atoms with van der Waals surface area (Å²) in [5.74, 6) is -1.51. The number of aliphatic hydroxyl groups excluding tert-OH is 1. The molecule has 0 heterocycles. The summed E-state index contributed by atoms with van der Waals surface area (Å²) in [5.41, 5.74) is -0.224. The van der Waals surface area contributed by atoms with E-state index in [1.54, 1.807) is 0 Å². The number of nitrogens with one attached hydrogen (secondary N) is 1. The maximum atomic E-state index is 12.0. The van der Waals surface area contributed by atoms with Crippen LogP contribution in [0.2, 0.25) is 0 Å². The Labute approximate surface area is 101 Å².